The third-order valence-corrected chi connectivity index (χ3v) is 10.4. The van der Waals surface area contributed by atoms with Crippen molar-refractivity contribution in [2.75, 3.05) is 0 Å². The second-order valence-electron chi connectivity index (χ2n) is 13.2. The molecule has 0 radical (unpaired) electrons. The Bertz CT molecular complexity index is 2520. The Hall–Kier alpha value is -5.66. The topological polar surface area (TPSA) is 9.23 Å². The largest absolute Gasteiger partial charge is 0.456 e. The molecule has 1 heterocycles. The first-order chi connectivity index (χ1) is 22.6. The zero-order valence-corrected chi connectivity index (χ0v) is 25.8. The van der Waals surface area contributed by atoms with Crippen LogP contribution in [0.25, 0.3) is 76.8 Å². The van der Waals surface area contributed by atoms with E-state index in [1.54, 1.807) is 0 Å². The molecule has 0 fully saturated rings. The van der Waals surface area contributed by atoms with Gasteiger partial charge in [0, 0.05) is 16.4 Å². The molecule has 0 atom stereocenters. The summed E-state index contributed by atoms with van der Waals surface area (Å²) in [5.41, 5.74) is 12.8. The predicted molar refractivity (Wildman–Crippen MR) is 193 cm³/mol. The zero-order valence-electron chi connectivity index (χ0n) is 25.8. The van der Waals surface area contributed by atoms with Gasteiger partial charge in [-0.05, 0) is 101 Å². The van der Waals surface area contributed by atoms with E-state index in [0.717, 1.165) is 17.1 Å². The zero-order chi connectivity index (χ0) is 30.6. The molecule has 0 aromatic heterocycles. The lowest BCUT2D eigenvalue weighted by Gasteiger charge is -2.24. The van der Waals surface area contributed by atoms with Crippen LogP contribution in [-0.2, 0) is 5.41 Å². The van der Waals surface area contributed by atoms with Crippen molar-refractivity contribution in [2.45, 2.75) is 19.3 Å². The Morgan fingerprint density at radius 3 is 1.70 bits per heavy atom. The van der Waals surface area contributed by atoms with Gasteiger partial charge in [-0.1, -0.05) is 135 Å². The van der Waals surface area contributed by atoms with Gasteiger partial charge in [-0.3, -0.25) is 0 Å². The van der Waals surface area contributed by atoms with Crippen LogP contribution in [0, 0.1) is 0 Å². The first-order valence-corrected chi connectivity index (χ1v) is 16.1. The van der Waals surface area contributed by atoms with E-state index in [9.17, 15) is 0 Å². The van der Waals surface area contributed by atoms with Crippen LogP contribution in [0.2, 0.25) is 0 Å². The van der Waals surface area contributed by atoms with Crippen LogP contribution in [0.3, 0.4) is 0 Å². The fraction of sp³-hybridized carbons (Fsp3) is 0.0667. The monoisotopic (exact) mass is 586 g/mol. The molecule has 8 aromatic rings. The summed E-state index contributed by atoms with van der Waals surface area (Å²) < 4.78 is 6.47. The van der Waals surface area contributed by atoms with E-state index < -0.39 is 0 Å². The number of hydrogen-bond acceptors (Lipinski definition) is 1. The molecular formula is C45H30O. The highest BCUT2D eigenvalue weighted by molar-refractivity contribution is 6.22. The molecule has 0 amide bonds. The average molecular weight is 587 g/mol. The van der Waals surface area contributed by atoms with Crippen molar-refractivity contribution in [2.24, 2.45) is 0 Å². The minimum Gasteiger partial charge on any atom is -0.456 e. The Labute approximate surface area is 268 Å². The van der Waals surface area contributed by atoms with Gasteiger partial charge in [0.1, 0.15) is 11.5 Å². The molecule has 8 aromatic carbocycles. The lowest BCUT2D eigenvalue weighted by molar-refractivity contribution is 0.487. The van der Waals surface area contributed by atoms with Gasteiger partial charge in [0.15, 0.2) is 0 Å². The number of fused-ring (bicyclic) bond motifs is 7. The van der Waals surface area contributed by atoms with Crippen LogP contribution in [0.5, 0.6) is 11.5 Å². The highest BCUT2D eigenvalue weighted by Gasteiger charge is 2.35. The average Bonchev–Trinajstić information content (AvgIpc) is 3.33. The Balaban J connectivity index is 1.23. The van der Waals surface area contributed by atoms with Crippen molar-refractivity contribution in [1.29, 1.82) is 0 Å². The van der Waals surface area contributed by atoms with E-state index in [2.05, 4.69) is 159 Å². The third kappa shape index (κ3) is 3.40. The van der Waals surface area contributed by atoms with Gasteiger partial charge in [-0.2, -0.15) is 0 Å². The van der Waals surface area contributed by atoms with Crippen LogP contribution in [0.4, 0.5) is 0 Å². The highest BCUT2D eigenvalue weighted by Crippen LogP contribution is 2.52. The summed E-state index contributed by atoms with van der Waals surface area (Å²) >= 11 is 0. The minimum atomic E-state index is -0.0554. The number of rotatable bonds is 2. The van der Waals surface area contributed by atoms with Crippen molar-refractivity contribution in [1.82, 2.24) is 0 Å². The van der Waals surface area contributed by atoms with E-state index >= 15 is 0 Å². The van der Waals surface area contributed by atoms with Crippen LogP contribution >= 0.6 is 0 Å². The summed E-state index contributed by atoms with van der Waals surface area (Å²) in [7, 11) is 0. The summed E-state index contributed by atoms with van der Waals surface area (Å²) in [5.74, 6) is 1.83. The molecule has 0 unspecified atom stereocenters. The Morgan fingerprint density at radius 1 is 0.413 bits per heavy atom. The molecule has 10 rings (SSSR count). The molecule has 0 N–H and O–H groups in total. The smallest absolute Gasteiger partial charge is 0.135 e. The lowest BCUT2D eigenvalue weighted by atomic mass is 9.80. The first-order valence-electron chi connectivity index (χ1n) is 16.1. The van der Waals surface area contributed by atoms with Gasteiger partial charge in [0.05, 0.1) is 0 Å². The quantitative estimate of drug-likeness (QED) is 0.183. The minimum absolute atomic E-state index is 0.0554. The standard InChI is InChI=1S/C45H30O/c1-45(2)38-19-8-7-13-30(38)31-23-21-29(26-39(31)45)43-34-16-5-3-14-32(34)42(33-15-4-6-17-35(33)43)28-22-24-40-37(25-28)36-18-9-11-27-12-10-20-41(46-40)44(27)36/h3-26H,1-2H3. The third-order valence-electron chi connectivity index (χ3n) is 10.4. The molecule has 216 valence electrons. The highest BCUT2D eigenvalue weighted by atomic mass is 16.5. The van der Waals surface area contributed by atoms with Gasteiger partial charge >= 0.3 is 0 Å². The maximum absolute atomic E-state index is 6.47. The predicted octanol–water partition coefficient (Wildman–Crippen LogP) is 12.6. The van der Waals surface area contributed by atoms with Crippen molar-refractivity contribution >= 4 is 32.3 Å². The van der Waals surface area contributed by atoms with Crippen molar-refractivity contribution in [3.63, 3.8) is 0 Å². The van der Waals surface area contributed by atoms with E-state index in [1.165, 1.54) is 82.4 Å². The lowest BCUT2D eigenvalue weighted by Crippen LogP contribution is -2.14. The van der Waals surface area contributed by atoms with Crippen molar-refractivity contribution in [3.8, 4) is 56.0 Å². The van der Waals surface area contributed by atoms with Crippen molar-refractivity contribution in [3.05, 3.63) is 157 Å². The summed E-state index contributed by atoms with van der Waals surface area (Å²) in [4.78, 5) is 0. The molecule has 46 heavy (non-hydrogen) atoms. The molecule has 0 spiro atoms. The first kappa shape index (κ1) is 25.6. The molecule has 0 saturated carbocycles. The van der Waals surface area contributed by atoms with Gasteiger partial charge in [0.25, 0.3) is 0 Å². The van der Waals surface area contributed by atoms with Crippen LogP contribution < -0.4 is 4.74 Å². The molecule has 2 aliphatic rings. The number of hydrogen-bond donors (Lipinski definition) is 0. The maximum atomic E-state index is 6.47. The normalized spacial score (nSPS) is 13.8. The second kappa shape index (κ2) is 9.19. The van der Waals surface area contributed by atoms with Gasteiger partial charge < -0.3 is 4.74 Å². The molecule has 0 saturated heterocycles. The molecule has 1 aliphatic heterocycles. The van der Waals surface area contributed by atoms with Gasteiger partial charge in [-0.15, -0.1) is 0 Å². The van der Waals surface area contributed by atoms with Gasteiger partial charge in [0.2, 0.25) is 0 Å². The molecular weight excluding hydrogens is 556 g/mol. The summed E-state index contributed by atoms with van der Waals surface area (Å²) in [6.07, 6.45) is 0. The van der Waals surface area contributed by atoms with E-state index in [-0.39, 0.29) is 5.41 Å². The summed E-state index contributed by atoms with van der Waals surface area (Å²) in [5, 5.41) is 7.44. The van der Waals surface area contributed by atoms with E-state index in [4.69, 9.17) is 4.74 Å². The Kier molecular flexibility index (Phi) is 5.12. The van der Waals surface area contributed by atoms with Crippen molar-refractivity contribution < 1.29 is 4.74 Å². The van der Waals surface area contributed by atoms with E-state index in [1.807, 2.05) is 0 Å². The summed E-state index contributed by atoms with van der Waals surface area (Å²) in [6.45, 7) is 4.72. The second-order valence-corrected chi connectivity index (χ2v) is 13.2. The molecule has 1 heteroatoms. The van der Waals surface area contributed by atoms with E-state index in [0.29, 0.717) is 0 Å². The van der Waals surface area contributed by atoms with Crippen LogP contribution in [-0.4, -0.2) is 0 Å². The molecule has 1 nitrogen and oxygen atoms in total. The summed E-state index contributed by atoms with van der Waals surface area (Å²) in [6, 6.07) is 53.5. The fourth-order valence-electron chi connectivity index (χ4n) is 8.33. The number of ether oxygens (including phenoxy) is 1. The number of benzene rings is 8. The van der Waals surface area contributed by atoms with Gasteiger partial charge in [-0.25, -0.2) is 0 Å². The molecule has 1 aliphatic carbocycles. The Morgan fingerprint density at radius 2 is 0.978 bits per heavy atom. The molecule has 0 bridgehead atoms. The maximum Gasteiger partial charge on any atom is 0.135 e. The SMILES string of the molecule is CC1(C)c2ccccc2-c2ccc(-c3c4ccccc4c(-c4ccc5c(c4)-c4cccc6cccc(c46)O5)c4ccccc34)cc21. The van der Waals surface area contributed by atoms with Crippen LogP contribution in [0.1, 0.15) is 25.0 Å². The van der Waals surface area contributed by atoms with Crippen LogP contribution in [0.15, 0.2) is 146 Å². The fourth-order valence-corrected chi connectivity index (χ4v) is 8.33.